The van der Waals surface area contributed by atoms with E-state index in [1.165, 1.54) is 18.1 Å². The number of aliphatic hydroxyl groups is 1. The zero-order valence-corrected chi connectivity index (χ0v) is 15.3. The number of Topliss-reactive ketones (excluding diaryl/α,β-unsaturated/α-hetero) is 1. The van der Waals surface area contributed by atoms with Crippen LogP contribution in [0.2, 0.25) is 0 Å². The molecule has 0 unspecified atom stereocenters. The minimum absolute atomic E-state index is 0.0763. The van der Waals surface area contributed by atoms with E-state index >= 15 is 0 Å². The third-order valence-corrected chi connectivity index (χ3v) is 7.65. The molecule has 0 bridgehead atoms. The first kappa shape index (κ1) is 16.7. The molecule has 0 heterocycles. The van der Waals surface area contributed by atoms with E-state index in [0.717, 1.165) is 12.8 Å². The van der Waals surface area contributed by atoms with Gasteiger partial charge in [0.15, 0.2) is 11.6 Å². The van der Waals surface area contributed by atoms with Gasteiger partial charge in [0.05, 0.1) is 0 Å². The lowest BCUT2D eigenvalue weighted by Crippen LogP contribution is -2.54. The number of allylic oxidation sites excluding steroid dienone is 6. The van der Waals surface area contributed by atoms with Crippen molar-refractivity contribution in [2.45, 2.75) is 52.1 Å². The highest BCUT2D eigenvalue weighted by molar-refractivity contribution is 6.01. The molecule has 3 heteroatoms. The Hall–Kier alpha value is -1.74. The molecular weight excluding hydrogens is 312 g/mol. The van der Waals surface area contributed by atoms with Gasteiger partial charge < -0.3 is 5.11 Å². The Balaban J connectivity index is 1.82. The maximum Gasteiger partial charge on any atom is 0.178 e. The average molecular weight is 338 g/mol. The molecule has 3 nitrogen and oxygen atoms in total. The number of carbonyl (C=O) groups is 2. The molecule has 4 aliphatic rings. The summed E-state index contributed by atoms with van der Waals surface area (Å²) in [5, 5.41) is 11.3. The van der Waals surface area contributed by atoms with Gasteiger partial charge in [0.1, 0.15) is 5.60 Å². The Morgan fingerprint density at radius 2 is 2.08 bits per heavy atom. The molecule has 0 amide bonds. The van der Waals surface area contributed by atoms with Crippen LogP contribution < -0.4 is 0 Å². The van der Waals surface area contributed by atoms with E-state index in [0.29, 0.717) is 24.3 Å². The van der Waals surface area contributed by atoms with Gasteiger partial charge in [-0.3, -0.25) is 9.59 Å². The Labute approximate surface area is 149 Å². The van der Waals surface area contributed by atoms with Gasteiger partial charge >= 0.3 is 0 Å². The topological polar surface area (TPSA) is 54.4 Å². The fourth-order valence-electron chi connectivity index (χ4n) is 6.14. The largest absolute Gasteiger partial charge is 0.377 e. The zero-order chi connectivity index (χ0) is 18.2. The van der Waals surface area contributed by atoms with Crippen molar-refractivity contribution in [3.63, 3.8) is 0 Å². The fourth-order valence-corrected chi connectivity index (χ4v) is 6.14. The van der Waals surface area contributed by atoms with Crippen LogP contribution in [0.15, 0.2) is 47.6 Å². The molecule has 25 heavy (non-hydrogen) atoms. The molecule has 0 saturated heterocycles. The van der Waals surface area contributed by atoms with Crippen LogP contribution in [-0.4, -0.2) is 22.3 Å². The standard InChI is InChI=1S/C22H26O3/c1-13-11-19-17-6-5-15-12-16(24)7-9-20(15,3)18(17)8-10-21(19,4)22(13,25)14(2)23/h7-9,12,17,19,25H,1,5-6,10-11H2,2-4H3/t17-,19+,20+,21+,22+/m1/s1. The maximum absolute atomic E-state index is 12.3. The SMILES string of the molecule is C=C1C[C@H]2[C@@H]3CCC4=CC(=O)C=C[C@]4(C)C3=CC[C@]2(C)[C@@]1(O)C(C)=O. The van der Waals surface area contributed by atoms with Crippen LogP contribution in [0, 0.1) is 22.7 Å². The molecule has 5 atom stereocenters. The molecule has 132 valence electrons. The predicted molar refractivity (Wildman–Crippen MR) is 96.7 cm³/mol. The van der Waals surface area contributed by atoms with E-state index in [1.54, 1.807) is 12.2 Å². The number of hydrogen-bond acceptors (Lipinski definition) is 3. The van der Waals surface area contributed by atoms with Crippen LogP contribution in [0.3, 0.4) is 0 Å². The second-order valence-corrected chi connectivity index (χ2v) is 8.71. The first-order valence-corrected chi connectivity index (χ1v) is 9.21. The molecule has 0 aliphatic heterocycles. The average Bonchev–Trinajstić information content (AvgIpc) is 2.77. The summed E-state index contributed by atoms with van der Waals surface area (Å²) in [5.74, 6) is 0.430. The molecule has 4 rings (SSSR count). The van der Waals surface area contributed by atoms with E-state index in [-0.39, 0.29) is 22.9 Å². The quantitative estimate of drug-likeness (QED) is 0.742. The number of fused-ring (bicyclic) bond motifs is 5. The van der Waals surface area contributed by atoms with Crippen molar-refractivity contribution in [3.05, 3.63) is 47.6 Å². The molecule has 1 N–H and O–H groups in total. The fraction of sp³-hybridized carbons (Fsp3) is 0.545. The molecule has 0 aromatic rings. The van der Waals surface area contributed by atoms with E-state index in [4.69, 9.17) is 0 Å². The van der Waals surface area contributed by atoms with Crippen LogP contribution in [0.5, 0.6) is 0 Å². The molecular formula is C22H26O3. The Bertz CT molecular complexity index is 798. The molecule has 0 aromatic carbocycles. The van der Waals surface area contributed by atoms with Gasteiger partial charge in [-0.05, 0) is 69.1 Å². The van der Waals surface area contributed by atoms with Crippen molar-refractivity contribution >= 4 is 11.6 Å². The van der Waals surface area contributed by atoms with E-state index < -0.39 is 11.0 Å². The van der Waals surface area contributed by atoms with E-state index in [2.05, 4.69) is 26.5 Å². The van der Waals surface area contributed by atoms with Crippen molar-refractivity contribution in [1.82, 2.24) is 0 Å². The normalized spacial score (nSPS) is 45.3. The minimum atomic E-state index is -1.42. The van der Waals surface area contributed by atoms with Gasteiger partial charge in [-0.15, -0.1) is 0 Å². The van der Waals surface area contributed by atoms with Crippen LogP contribution in [0.25, 0.3) is 0 Å². The predicted octanol–water partition coefficient (Wildman–Crippen LogP) is 3.70. The summed E-state index contributed by atoms with van der Waals surface area (Å²) < 4.78 is 0. The highest BCUT2D eigenvalue weighted by Crippen LogP contribution is 2.66. The number of rotatable bonds is 1. The third-order valence-electron chi connectivity index (χ3n) is 7.65. The van der Waals surface area contributed by atoms with Crippen molar-refractivity contribution < 1.29 is 14.7 Å². The number of hydrogen-bond donors (Lipinski definition) is 1. The summed E-state index contributed by atoms with van der Waals surface area (Å²) in [6, 6.07) is 0. The lowest BCUT2D eigenvalue weighted by molar-refractivity contribution is -0.144. The van der Waals surface area contributed by atoms with Crippen LogP contribution in [0.4, 0.5) is 0 Å². The Morgan fingerprint density at radius 1 is 1.36 bits per heavy atom. The molecule has 4 aliphatic carbocycles. The highest BCUT2D eigenvalue weighted by atomic mass is 16.3. The van der Waals surface area contributed by atoms with E-state index in [9.17, 15) is 14.7 Å². The first-order valence-electron chi connectivity index (χ1n) is 9.21. The van der Waals surface area contributed by atoms with Gasteiger partial charge in [-0.25, -0.2) is 0 Å². The maximum atomic E-state index is 12.3. The number of ketones is 2. The van der Waals surface area contributed by atoms with Gasteiger partial charge in [-0.1, -0.05) is 36.8 Å². The Morgan fingerprint density at radius 3 is 2.76 bits per heavy atom. The van der Waals surface area contributed by atoms with Gasteiger partial charge in [0, 0.05) is 10.8 Å². The minimum Gasteiger partial charge on any atom is -0.377 e. The van der Waals surface area contributed by atoms with Gasteiger partial charge in [-0.2, -0.15) is 0 Å². The summed E-state index contributed by atoms with van der Waals surface area (Å²) in [6.45, 7) is 9.81. The van der Waals surface area contributed by atoms with E-state index in [1.807, 2.05) is 6.08 Å². The smallest absolute Gasteiger partial charge is 0.178 e. The summed E-state index contributed by atoms with van der Waals surface area (Å²) in [5.41, 5.74) is 1.12. The molecule has 2 fully saturated rings. The van der Waals surface area contributed by atoms with Gasteiger partial charge in [0.2, 0.25) is 0 Å². The molecule has 2 saturated carbocycles. The Kier molecular flexibility index (Phi) is 3.28. The molecule has 0 aromatic heterocycles. The summed E-state index contributed by atoms with van der Waals surface area (Å²) >= 11 is 0. The third kappa shape index (κ3) is 1.85. The van der Waals surface area contributed by atoms with Crippen LogP contribution >= 0.6 is 0 Å². The van der Waals surface area contributed by atoms with Crippen molar-refractivity contribution in [3.8, 4) is 0 Å². The summed E-state index contributed by atoms with van der Waals surface area (Å²) in [4.78, 5) is 24.1. The van der Waals surface area contributed by atoms with Gasteiger partial charge in [0.25, 0.3) is 0 Å². The van der Waals surface area contributed by atoms with Crippen LogP contribution in [-0.2, 0) is 9.59 Å². The summed E-state index contributed by atoms with van der Waals surface area (Å²) in [6.07, 6.45) is 11.0. The summed E-state index contributed by atoms with van der Waals surface area (Å²) in [7, 11) is 0. The van der Waals surface area contributed by atoms with Crippen molar-refractivity contribution in [1.29, 1.82) is 0 Å². The first-order chi connectivity index (χ1) is 11.6. The second-order valence-electron chi connectivity index (χ2n) is 8.71. The molecule has 0 radical (unpaired) electrons. The second kappa shape index (κ2) is 4.91. The zero-order valence-electron chi connectivity index (χ0n) is 15.3. The number of carbonyl (C=O) groups excluding carboxylic acids is 2. The lowest BCUT2D eigenvalue weighted by atomic mass is 9.51. The monoisotopic (exact) mass is 338 g/mol. The molecule has 0 spiro atoms. The van der Waals surface area contributed by atoms with Crippen LogP contribution in [0.1, 0.15) is 46.5 Å². The lowest BCUT2D eigenvalue weighted by Gasteiger charge is -2.53. The highest BCUT2D eigenvalue weighted by Gasteiger charge is 2.65. The van der Waals surface area contributed by atoms with Crippen molar-refractivity contribution in [2.75, 3.05) is 0 Å². The van der Waals surface area contributed by atoms with Crippen molar-refractivity contribution in [2.24, 2.45) is 22.7 Å².